The van der Waals surface area contributed by atoms with Gasteiger partial charge in [-0.05, 0) is 43.9 Å². The molecular weight excluding hydrogens is 302 g/mol. The Kier molecular flexibility index (Phi) is 5.20. The molecule has 0 unspecified atom stereocenters. The molecule has 1 aromatic carbocycles. The van der Waals surface area contributed by atoms with Gasteiger partial charge in [0.1, 0.15) is 0 Å². The molecule has 4 N–H and O–H groups in total. The van der Waals surface area contributed by atoms with Gasteiger partial charge in [0.2, 0.25) is 10.0 Å². The van der Waals surface area contributed by atoms with E-state index in [1.54, 1.807) is 24.3 Å². The molecule has 2 rings (SSSR count). The van der Waals surface area contributed by atoms with Crippen LogP contribution < -0.4 is 10.9 Å². The van der Waals surface area contributed by atoms with Crippen LogP contribution >= 0.6 is 0 Å². The molecule has 0 aromatic heterocycles. The number of likely N-dealkylation sites (tertiary alicyclic amines) is 1. The van der Waals surface area contributed by atoms with Crippen molar-refractivity contribution in [1.82, 2.24) is 4.90 Å². The van der Waals surface area contributed by atoms with Crippen LogP contribution in [0.3, 0.4) is 0 Å². The summed E-state index contributed by atoms with van der Waals surface area (Å²) < 4.78 is 22.4. The minimum absolute atomic E-state index is 0.0307. The standard InChI is InChI=1S/C15H23N3O3S/c1-11(16)14-7-2-3-8-18(14)15(19)13-6-4-5-12(9-13)10-22(17,20)21/h4-6,9,11,14H,2-3,7-8,10,16H2,1H3,(H2,17,20,21)/t11-,14+/m1/s1. The van der Waals surface area contributed by atoms with Crippen molar-refractivity contribution < 1.29 is 13.2 Å². The van der Waals surface area contributed by atoms with Crippen LogP contribution in [0, 0.1) is 0 Å². The summed E-state index contributed by atoms with van der Waals surface area (Å²) in [6, 6.07) is 6.57. The summed E-state index contributed by atoms with van der Waals surface area (Å²) in [6.45, 7) is 2.60. The van der Waals surface area contributed by atoms with E-state index in [0.29, 0.717) is 17.7 Å². The Hall–Kier alpha value is -1.44. The summed E-state index contributed by atoms with van der Waals surface area (Å²) in [4.78, 5) is 14.5. The lowest BCUT2D eigenvalue weighted by Gasteiger charge is -2.38. The van der Waals surface area contributed by atoms with E-state index in [2.05, 4.69) is 0 Å². The van der Waals surface area contributed by atoms with E-state index in [1.165, 1.54) is 0 Å². The molecule has 0 bridgehead atoms. The Balaban J connectivity index is 2.23. The van der Waals surface area contributed by atoms with Gasteiger partial charge in [-0.2, -0.15) is 0 Å². The Morgan fingerprint density at radius 1 is 1.41 bits per heavy atom. The predicted molar refractivity (Wildman–Crippen MR) is 85.6 cm³/mol. The SMILES string of the molecule is C[C@@H](N)[C@@H]1CCCCN1C(=O)c1cccc(CS(N)(=O)=O)c1. The first-order chi connectivity index (χ1) is 10.3. The Morgan fingerprint density at radius 2 is 2.14 bits per heavy atom. The zero-order valence-corrected chi connectivity index (χ0v) is 13.6. The average molecular weight is 325 g/mol. The molecule has 1 fully saturated rings. The number of carbonyl (C=O) groups is 1. The Morgan fingerprint density at radius 3 is 2.77 bits per heavy atom. The molecule has 1 aromatic rings. The fourth-order valence-corrected chi connectivity index (χ4v) is 3.59. The van der Waals surface area contributed by atoms with Crippen LogP contribution in [0.25, 0.3) is 0 Å². The van der Waals surface area contributed by atoms with Crippen LogP contribution in [0.1, 0.15) is 42.1 Å². The van der Waals surface area contributed by atoms with Gasteiger partial charge in [-0.1, -0.05) is 12.1 Å². The quantitative estimate of drug-likeness (QED) is 0.854. The maximum absolute atomic E-state index is 12.7. The lowest BCUT2D eigenvalue weighted by Crippen LogP contribution is -2.51. The monoisotopic (exact) mass is 325 g/mol. The van der Waals surface area contributed by atoms with E-state index in [9.17, 15) is 13.2 Å². The lowest BCUT2D eigenvalue weighted by atomic mass is 9.96. The third kappa shape index (κ3) is 4.28. The Labute approximate surface area is 131 Å². The van der Waals surface area contributed by atoms with Gasteiger partial charge in [-0.3, -0.25) is 4.79 Å². The van der Waals surface area contributed by atoms with E-state index in [-0.39, 0.29) is 23.7 Å². The molecule has 1 heterocycles. The van der Waals surface area contributed by atoms with Gasteiger partial charge in [0.05, 0.1) is 5.75 Å². The van der Waals surface area contributed by atoms with Gasteiger partial charge >= 0.3 is 0 Å². The number of sulfonamides is 1. The number of benzene rings is 1. The molecule has 0 saturated carbocycles. The number of rotatable bonds is 4. The third-order valence-corrected chi connectivity index (χ3v) is 4.69. The van der Waals surface area contributed by atoms with Crippen molar-refractivity contribution in [2.75, 3.05) is 6.54 Å². The van der Waals surface area contributed by atoms with Crippen LogP contribution in [0.5, 0.6) is 0 Å². The van der Waals surface area contributed by atoms with Gasteiger partial charge in [-0.25, -0.2) is 13.6 Å². The van der Waals surface area contributed by atoms with E-state index in [4.69, 9.17) is 10.9 Å². The highest BCUT2D eigenvalue weighted by atomic mass is 32.2. The second kappa shape index (κ2) is 6.76. The molecule has 0 aliphatic carbocycles. The molecule has 2 atom stereocenters. The maximum atomic E-state index is 12.7. The van der Waals surface area contributed by atoms with Crippen LogP contribution in [0.4, 0.5) is 0 Å². The van der Waals surface area contributed by atoms with E-state index >= 15 is 0 Å². The largest absolute Gasteiger partial charge is 0.334 e. The zero-order chi connectivity index (χ0) is 16.3. The first kappa shape index (κ1) is 16.9. The number of nitrogens with two attached hydrogens (primary N) is 2. The first-order valence-corrected chi connectivity index (χ1v) is 9.15. The van der Waals surface area contributed by atoms with Crippen molar-refractivity contribution in [3.05, 3.63) is 35.4 Å². The second-order valence-corrected chi connectivity index (χ2v) is 7.54. The van der Waals surface area contributed by atoms with Crippen LogP contribution in [-0.2, 0) is 15.8 Å². The van der Waals surface area contributed by atoms with Gasteiger partial charge in [-0.15, -0.1) is 0 Å². The summed E-state index contributed by atoms with van der Waals surface area (Å²) in [7, 11) is -3.61. The smallest absolute Gasteiger partial charge is 0.254 e. The summed E-state index contributed by atoms with van der Waals surface area (Å²) in [6.07, 6.45) is 2.94. The Bertz CT molecular complexity index is 643. The molecule has 1 aliphatic heterocycles. The minimum Gasteiger partial charge on any atom is -0.334 e. The number of nitrogens with zero attached hydrogens (tertiary/aromatic N) is 1. The molecule has 1 aliphatic rings. The van der Waals surface area contributed by atoms with Crippen LogP contribution in [0.15, 0.2) is 24.3 Å². The average Bonchev–Trinajstić information content (AvgIpc) is 2.45. The molecule has 122 valence electrons. The number of amides is 1. The van der Waals surface area contributed by atoms with E-state index in [1.807, 2.05) is 11.8 Å². The van der Waals surface area contributed by atoms with Crippen molar-refractivity contribution in [3.8, 4) is 0 Å². The summed E-state index contributed by atoms with van der Waals surface area (Å²) in [5.41, 5.74) is 6.99. The highest BCUT2D eigenvalue weighted by Gasteiger charge is 2.29. The number of hydrogen-bond donors (Lipinski definition) is 2. The van der Waals surface area contributed by atoms with Gasteiger partial charge in [0, 0.05) is 24.2 Å². The summed E-state index contributed by atoms with van der Waals surface area (Å²) in [5, 5.41) is 5.06. The van der Waals surface area contributed by atoms with Crippen molar-refractivity contribution in [2.45, 2.75) is 44.0 Å². The number of hydrogen-bond acceptors (Lipinski definition) is 4. The summed E-state index contributed by atoms with van der Waals surface area (Å²) >= 11 is 0. The highest BCUT2D eigenvalue weighted by Crippen LogP contribution is 2.22. The summed E-state index contributed by atoms with van der Waals surface area (Å²) in [5.74, 6) is -0.372. The number of primary sulfonamides is 1. The molecule has 0 radical (unpaired) electrons. The van der Waals surface area contributed by atoms with Gasteiger partial charge < -0.3 is 10.6 Å². The molecule has 1 saturated heterocycles. The van der Waals surface area contributed by atoms with Crippen molar-refractivity contribution >= 4 is 15.9 Å². The van der Waals surface area contributed by atoms with Crippen molar-refractivity contribution in [3.63, 3.8) is 0 Å². The van der Waals surface area contributed by atoms with Crippen molar-refractivity contribution in [2.24, 2.45) is 10.9 Å². The number of piperidine rings is 1. The topological polar surface area (TPSA) is 106 Å². The van der Waals surface area contributed by atoms with Gasteiger partial charge in [0.25, 0.3) is 5.91 Å². The normalized spacial score (nSPS) is 20.7. The molecular formula is C15H23N3O3S. The fourth-order valence-electron chi connectivity index (χ4n) is 2.95. The minimum atomic E-state index is -3.61. The lowest BCUT2D eigenvalue weighted by molar-refractivity contribution is 0.0583. The van der Waals surface area contributed by atoms with E-state index < -0.39 is 10.0 Å². The zero-order valence-electron chi connectivity index (χ0n) is 12.7. The molecule has 0 spiro atoms. The van der Waals surface area contributed by atoms with Crippen LogP contribution in [-0.4, -0.2) is 37.9 Å². The number of carbonyl (C=O) groups excluding carboxylic acids is 1. The fraction of sp³-hybridized carbons (Fsp3) is 0.533. The maximum Gasteiger partial charge on any atom is 0.254 e. The van der Waals surface area contributed by atoms with E-state index in [0.717, 1.165) is 19.3 Å². The molecule has 7 heteroatoms. The predicted octanol–water partition coefficient (Wildman–Crippen LogP) is 0.817. The van der Waals surface area contributed by atoms with Crippen LogP contribution in [0.2, 0.25) is 0 Å². The van der Waals surface area contributed by atoms with Gasteiger partial charge in [0.15, 0.2) is 0 Å². The molecule has 6 nitrogen and oxygen atoms in total. The van der Waals surface area contributed by atoms with Crippen molar-refractivity contribution in [1.29, 1.82) is 0 Å². The third-order valence-electron chi connectivity index (χ3n) is 3.96. The highest BCUT2D eigenvalue weighted by molar-refractivity contribution is 7.88. The first-order valence-electron chi connectivity index (χ1n) is 7.44. The second-order valence-electron chi connectivity index (χ2n) is 5.93. The molecule has 22 heavy (non-hydrogen) atoms. The molecule has 1 amide bonds.